The minimum absolute atomic E-state index is 0.0585. The number of alkyl halides is 6. The highest BCUT2D eigenvalue weighted by atomic mass is 19.4. The molecule has 1 aromatic rings. The predicted octanol–water partition coefficient (Wildman–Crippen LogP) is 4.51. The maximum absolute atomic E-state index is 12.2. The van der Waals surface area contributed by atoms with Crippen molar-refractivity contribution in [2.75, 3.05) is 0 Å². The highest BCUT2D eigenvalue weighted by Gasteiger charge is 2.32. The van der Waals surface area contributed by atoms with Gasteiger partial charge in [-0.1, -0.05) is 18.2 Å². The number of hydrogen-bond donors (Lipinski definition) is 0. The molecule has 0 atom stereocenters. The van der Waals surface area contributed by atoms with Gasteiger partial charge in [0.15, 0.2) is 0 Å². The monoisotopic (exact) mass is 265 g/mol. The van der Waals surface area contributed by atoms with Crippen LogP contribution >= 0.6 is 0 Å². The van der Waals surface area contributed by atoms with Gasteiger partial charge < -0.3 is 0 Å². The quantitative estimate of drug-likeness (QED) is 0.369. The van der Waals surface area contributed by atoms with Gasteiger partial charge in [-0.05, 0) is 5.57 Å². The summed E-state index contributed by atoms with van der Waals surface area (Å²) >= 11 is 0. The van der Waals surface area contributed by atoms with Gasteiger partial charge in [0.1, 0.15) is 0 Å². The number of rotatable bonds is 0. The predicted molar refractivity (Wildman–Crippen MR) is 52.2 cm³/mol. The third-order valence-corrected chi connectivity index (χ3v) is 1.60. The molecule has 18 heavy (non-hydrogen) atoms. The Morgan fingerprint density at radius 3 is 2.00 bits per heavy atom. The Morgan fingerprint density at radius 1 is 1.00 bits per heavy atom. The van der Waals surface area contributed by atoms with E-state index in [2.05, 4.69) is 4.85 Å². The molecule has 0 saturated heterocycles. The molecule has 0 aliphatic carbocycles. The summed E-state index contributed by atoms with van der Waals surface area (Å²) in [4.78, 5) is 3.19. The van der Waals surface area contributed by atoms with Gasteiger partial charge >= 0.3 is 18.0 Å². The molecule has 0 aromatic heterocycles. The first-order valence-corrected chi connectivity index (χ1v) is 4.49. The molecule has 0 amide bonds. The zero-order valence-electron chi connectivity index (χ0n) is 8.60. The third-order valence-electron chi connectivity index (χ3n) is 1.60. The van der Waals surface area contributed by atoms with Crippen molar-refractivity contribution >= 4 is 5.69 Å². The van der Waals surface area contributed by atoms with Crippen LogP contribution in [0.2, 0.25) is 0 Å². The van der Waals surface area contributed by atoms with Gasteiger partial charge in [0.2, 0.25) is 0 Å². The summed E-state index contributed by atoms with van der Waals surface area (Å²) in [7, 11) is 0. The lowest BCUT2D eigenvalue weighted by Crippen LogP contribution is -2.15. The standard InChI is InChI=1S/C11H5F6N/c12-10(13,14)6-8(11(15,16)17)7-18-9-4-2-1-3-5-9/h1-5H. The summed E-state index contributed by atoms with van der Waals surface area (Å²) in [5.74, 6) is 0. The fourth-order valence-corrected chi connectivity index (χ4v) is 0.927. The van der Waals surface area contributed by atoms with E-state index in [1.807, 2.05) is 0 Å². The number of benzene rings is 1. The Morgan fingerprint density at radius 2 is 1.56 bits per heavy atom. The Bertz CT molecular complexity index is 486. The van der Waals surface area contributed by atoms with Crippen LogP contribution in [0.15, 0.2) is 35.9 Å². The van der Waals surface area contributed by atoms with Gasteiger partial charge in [-0.2, -0.15) is 26.3 Å². The van der Waals surface area contributed by atoms with Crippen LogP contribution in [-0.4, -0.2) is 12.4 Å². The number of hydrogen-bond acceptors (Lipinski definition) is 0. The van der Waals surface area contributed by atoms with E-state index < -0.39 is 17.9 Å². The average molecular weight is 265 g/mol. The van der Waals surface area contributed by atoms with Crippen LogP contribution in [0.1, 0.15) is 0 Å². The first-order chi connectivity index (χ1) is 8.18. The van der Waals surface area contributed by atoms with Gasteiger partial charge in [-0.25, -0.2) is 0 Å². The van der Waals surface area contributed by atoms with Crippen LogP contribution in [0.3, 0.4) is 0 Å². The van der Waals surface area contributed by atoms with Gasteiger partial charge in [-0.3, -0.25) is 0 Å². The molecule has 0 N–H and O–H groups in total. The van der Waals surface area contributed by atoms with Crippen LogP contribution in [0.4, 0.5) is 32.0 Å². The Labute approximate surface area is 98.2 Å². The molecule has 7 heteroatoms. The number of nitrogens with zero attached hydrogens (tertiary/aromatic N) is 1. The van der Waals surface area contributed by atoms with Crippen molar-refractivity contribution in [1.29, 1.82) is 0 Å². The van der Waals surface area contributed by atoms with Crippen molar-refractivity contribution in [2.24, 2.45) is 0 Å². The first-order valence-electron chi connectivity index (χ1n) is 4.49. The van der Waals surface area contributed by atoms with Crippen LogP contribution in [0.5, 0.6) is 0 Å². The van der Waals surface area contributed by atoms with Gasteiger partial charge in [0, 0.05) is 12.1 Å². The molecular formula is C11H5F6N. The SMILES string of the molecule is FC(F)(F)[C-]=C(C#[N+]c1ccccc1)C(F)(F)F. The highest BCUT2D eigenvalue weighted by Crippen LogP contribution is 2.29. The fourth-order valence-electron chi connectivity index (χ4n) is 0.927. The maximum Gasteiger partial charge on any atom is 0.395 e. The lowest BCUT2D eigenvalue weighted by atomic mass is 10.2. The molecule has 0 saturated carbocycles. The lowest BCUT2D eigenvalue weighted by molar-refractivity contribution is -0.109. The molecule has 0 fully saturated rings. The van der Waals surface area contributed by atoms with E-state index in [1.165, 1.54) is 30.3 Å². The second kappa shape index (κ2) is 5.12. The van der Waals surface area contributed by atoms with Crippen molar-refractivity contribution < 1.29 is 26.3 Å². The van der Waals surface area contributed by atoms with Crippen LogP contribution in [0.25, 0.3) is 4.85 Å². The summed E-state index contributed by atoms with van der Waals surface area (Å²) < 4.78 is 72.2. The smallest absolute Gasteiger partial charge is 0.186 e. The number of allylic oxidation sites excluding steroid dienone is 2. The minimum Gasteiger partial charge on any atom is -0.186 e. The Balaban J connectivity index is 3.10. The normalized spacial score (nSPS) is 12.9. The molecule has 0 aliphatic heterocycles. The highest BCUT2D eigenvalue weighted by molar-refractivity contribution is 5.48. The molecule has 1 nitrogen and oxygen atoms in total. The van der Waals surface area contributed by atoms with E-state index in [9.17, 15) is 26.3 Å². The zero-order valence-corrected chi connectivity index (χ0v) is 8.60. The molecule has 1 rings (SSSR count). The third kappa shape index (κ3) is 4.91. The molecule has 0 bridgehead atoms. The molecule has 1 aromatic carbocycles. The van der Waals surface area contributed by atoms with Crippen molar-refractivity contribution in [3.8, 4) is 6.07 Å². The van der Waals surface area contributed by atoms with Gasteiger partial charge in [0.25, 0.3) is 0 Å². The second-order valence-corrected chi connectivity index (χ2v) is 3.05. The molecular weight excluding hydrogens is 260 g/mol. The lowest BCUT2D eigenvalue weighted by Gasteiger charge is -2.12. The molecule has 0 aliphatic rings. The second-order valence-electron chi connectivity index (χ2n) is 3.05. The Hall–Kier alpha value is -1.97. The zero-order chi connectivity index (χ0) is 13.8. The van der Waals surface area contributed by atoms with E-state index in [4.69, 9.17) is 0 Å². The first kappa shape index (κ1) is 14.1. The van der Waals surface area contributed by atoms with E-state index in [0.29, 0.717) is 6.08 Å². The summed E-state index contributed by atoms with van der Waals surface area (Å²) in [5, 5.41) is 0. The number of halogens is 6. The minimum atomic E-state index is -5.21. The topological polar surface area (TPSA) is 4.36 Å². The summed E-state index contributed by atoms with van der Waals surface area (Å²) in [6.07, 6.45) is -10.1. The molecule has 96 valence electrons. The Kier molecular flexibility index (Phi) is 4.01. The van der Waals surface area contributed by atoms with E-state index >= 15 is 0 Å². The van der Waals surface area contributed by atoms with Crippen molar-refractivity contribution in [3.63, 3.8) is 0 Å². The van der Waals surface area contributed by atoms with Crippen LogP contribution in [0, 0.1) is 12.1 Å². The van der Waals surface area contributed by atoms with Crippen molar-refractivity contribution in [2.45, 2.75) is 12.4 Å². The van der Waals surface area contributed by atoms with Crippen molar-refractivity contribution in [1.82, 2.24) is 0 Å². The fraction of sp³-hybridized carbons (Fsp3) is 0.182. The van der Waals surface area contributed by atoms with Gasteiger partial charge in [-0.15, -0.1) is 10.9 Å². The molecule has 0 unspecified atom stereocenters. The molecule has 0 radical (unpaired) electrons. The van der Waals surface area contributed by atoms with E-state index in [0.717, 1.165) is 0 Å². The summed E-state index contributed by atoms with van der Waals surface area (Å²) in [6.45, 7) is 0. The van der Waals surface area contributed by atoms with Crippen LogP contribution < -0.4 is 0 Å². The summed E-state index contributed by atoms with van der Waals surface area (Å²) in [5.41, 5.74) is -2.04. The molecule has 0 spiro atoms. The van der Waals surface area contributed by atoms with E-state index in [1.54, 1.807) is 6.07 Å². The maximum atomic E-state index is 12.2. The van der Waals surface area contributed by atoms with E-state index in [-0.39, 0.29) is 5.69 Å². The number of para-hydroxylation sites is 1. The largest absolute Gasteiger partial charge is 0.395 e. The van der Waals surface area contributed by atoms with Crippen LogP contribution in [-0.2, 0) is 0 Å². The van der Waals surface area contributed by atoms with Crippen molar-refractivity contribution in [3.05, 3.63) is 46.8 Å². The van der Waals surface area contributed by atoms with Gasteiger partial charge in [0.05, 0.1) is 6.07 Å². The molecule has 0 heterocycles. The average Bonchev–Trinajstić information content (AvgIpc) is 2.22. The summed E-state index contributed by atoms with van der Waals surface area (Å²) in [6, 6.07) is 8.51.